The van der Waals surface area contributed by atoms with Crippen LogP contribution in [0.2, 0.25) is 0 Å². The van der Waals surface area contributed by atoms with Crippen LogP contribution in [0.5, 0.6) is 0 Å². The minimum atomic E-state index is -1.64. The Morgan fingerprint density at radius 2 is 1.68 bits per heavy atom. The maximum Gasteiger partial charge on any atom is 0.346 e. The molecule has 3 fully saturated rings. The number of nitrogens with one attached hydrogen (secondary N) is 1. The number of hydrogen-bond donors (Lipinski definition) is 5. The number of fused-ring (bicyclic) bond motifs is 3. The molecular weight excluding hydrogens is 602 g/mol. The van der Waals surface area contributed by atoms with Crippen LogP contribution in [0.3, 0.4) is 0 Å². The lowest BCUT2D eigenvalue weighted by Crippen LogP contribution is -2.59. The zero-order valence-corrected chi connectivity index (χ0v) is 25.1. The second kappa shape index (κ2) is 15.9. The average molecular weight is 642 g/mol. The largest absolute Gasteiger partial charge is 0.388 e. The summed E-state index contributed by atoms with van der Waals surface area (Å²) in [5, 5.41) is 42.6. The third-order valence-electron chi connectivity index (χ3n) is 7.87. The van der Waals surface area contributed by atoms with Crippen LogP contribution < -0.4 is 5.32 Å². The van der Waals surface area contributed by atoms with E-state index in [9.17, 15) is 34.8 Å². The van der Waals surface area contributed by atoms with Crippen LogP contribution >= 0.6 is 12.2 Å². The van der Waals surface area contributed by atoms with E-state index in [1.165, 1.54) is 0 Å². The van der Waals surface area contributed by atoms with Crippen molar-refractivity contribution < 1.29 is 54.1 Å². The Morgan fingerprint density at radius 1 is 1.00 bits per heavy atom. The van der Waals surface area contributed by atoms with Gasteiger partial charge in [-0.1, -0.05) is 43.4 Å². The molecule has 17 heteroatoms. The van der Waals surface area contributed by atoms with Gasteiger partial charge in [-0.3, -0.25) is 24.3 Å². The molecule has 4 unspecified atom stereocenters. The van der Waals surface area contributed by atoms with Crippen molar-refractivity contribution in [2.24, 2.45) is 0 Å². The molecule has 3 saturated heterocycles. The molecule has 3 aliphatic heterocycles. The molecule has 2 bridgehead atoms. The number of rotatable bonds is 8. The highest BCUT2D eigenvalue weighted by molar-refractivity contribution is 7.80. The Balaban J connectivity index is 1.46. The monoisotopic (exact) mass is 641 g/mol. The third kappa shape index (κ3) is 9.10. The summed E-state index contributed by atoms with van der Waals surface area (Å²) in [5.41, 5.74) is 1.62. The molecule has 0 aliphatic carbocycles. The normalized spacial score (nSPS) is 32.7. The molecule has 8 atom stereocenters. The van der Waals surface area contributed by atoms with Gasteiger partial charge in [0.25, 0.3) is 0 Å². The number of hydrogen-bond acceptors (Lipinski definition) is 16. The third-order valence-corrected chi connectivity index (χ3v) is 8.25. The van der Waals surface area contributed by atoms with Crippen LogP contribution in [0, 0.1) is 0 Å². The van der Waals surface area contributed by atoms with E-state index in [1.54, 1.807) is 0 Å². The predicted molar refractivity (Wildman–Crippen MR) is 154 cm³/mol. The minimum Gasteiger partial charge on any atom is -0.388 e. The van der Waals surface area contributed by atoms with Gasteiger partial charge in [0.1, 0.15) is 29.4 Å². The van der Waals surface area contributed by atoms with Gasteiger partial charge in [-0.25, -0.2) is 9.59 Å². The molecule has 0 aromatic heterocycles. The highest BCUT2D eigenvalue weighted by Gasteiger charge is 2.42. The van der Waals surface area contributed by atoms with Gasteiger partial charge in [0.15, 0.2) is 6.29 Å². The fraction of sp³-hybridized carbons (Fsp3) is 0.630. The first-order valence-electron chi connectivity index (χ1n) is 14.3. The summed E-state index contributed by atoms with van der Waals surface area (Å²) >= 11 is 5.48. The summed E-state index contributed by atoms with van der Waals surface area (Å²) in [5.74, 6) is -1.53. The molecule has 16 nitrogen and oxygen atoms in total. The topological polar surface area (TPSA) is 194 Å². The fourth-order valence-electron chi connectivity index (χ4n) is 5.34. The van der Waals surface area contributed by atoms with Crippen LogP contribution in [0.4, 0.5) is 0 Å². The van der Waals surface area contributed by atoms with E-state index >= 15 is 0 Å². The van der Waals surface area contributed by atoms with Crippen LogP contribution in [0.15, 0.2) is 24.3 Å². The molecule has 0 amide bonds. The first-order chi connectivity index (χ1) is 21.1. The van der Waals surface area contributed by atoms with Crippen molar-refractivity contribution in [1.82, 2.24) is 25.4 Å². The summed E-state index contributed by atoms with van der Waals surface area (Å²) < 4.78 is 5.19. The first kappa shape index (κ1) is 34.0. The van der Waals surface area contributed by atoms with Crippen LogP contribution in [0.25, 0.3) is 0 Å². The van der Waals surface area contributed by atoms with E-state index in [4.69, 9.17) is 26.6 Å². The van der Waals surface area contributed by atoms with Gasteiger partial charge in [0.2, 0.25) is 5.39 Å². The molecule has 0 saturated carbocycles. The number of carbonyl (C=O) groups is 3. The summed E-state index contributed by atoms with van der Waals surface area (Å²) in [6.45, 7) is 5.52. The van der Waals surface area contributed by atoms with Crippen molar-refractivity contribution in [2.75, 3.05) is 58.9 Å². The van der Waals surface area contributed by atoms with Crippen molar-refractivity contribution in [1.29, 1.82) is 0 Å². The summed E-state index contributed by atoms with van der Waals surface area (Å²) in [4.78, 5) is 57.1. The van der Waals surface area contributed by atoms with E-state index in [1.807, 2.05) is 41.0 Å². The zero-order chi connectivity index (χ0) is 31.8. The number of carbonyl (C=O) groups excluding carboxylic acids is 3. The first-order valence-corrected chi connectivity index (χ1v) is 14.7. The number of thiocarbonyl (C=S) groups is 1. The standard InChI is InChI=1S/C27H39N5O11S/c1-2-29-7-8-30-13-19(31(10-9-29)15-22(35)43-32(40-16-33)42-21(34)14-30)11-17-3-5-18(6-4-17)26(44)28-12-20-23(36)24(37)25(38)27(39)41-20/h3-6,16,19-20,23-25,27,36-39H,2,7-15H2,1H3,(H,28,44)/t19?,20-,23-,24+,25-,27?/m1/s1. The molecule has 0 spiro atoms. The summed E-state index contributed by atoms with van der Waals surface area (Å²) in [6, 6.07) is 7.25. The maximum absolute atomic E-state index is 12.8. The number of benzene rings is 1. The smallest absolute Gasteiger partial charge is 0.346 e. The molecule has 0 radical (unpaired) electrons. The molecule has 44 heavy (non-hydrogen) atoms. The highest BCUT2D eigenvalue weighted by Crippen LogP contribution is 2.20. The maximum atomic E-state index is 12.8. The lowest BCUT2D eigenvalue weighted by atomic mass is 9.99. The number of nitrogens with zero attached hydrogens (tertiary/aromatic N) is 4. The fourth-order valence-corrected chi connectivity index (χ4v) is 5.56. The van der Waals surface area contributed by atoms with Crippen LogP contribution in [0.1, 0.15) is 18.1 Å². The Morgan fingerprint density at radius 3 is 2.36 bits per heavy atom. The number of ether oxygens (including phenoxy) is 1. The van der Waals surface area contributed by atoms with Gasteiger partial charge in [-0.05, 0) is 18.5 Å². The predicted octanol–water partition coefficient (Wildman–Crippen LogP) is -3.08. The van der Waals surface area contributed by atoms with Gasteiger partial charge in [-0.2, -0.15) is 0 Å². The molecular formula is C27H39N5O11S. The Kier molecular flexibility index (Phi) is 12.3. The second-order valence-corrected chi connectivity index (χ2v) is 11.2. The Labute approximate surface area is 259 Å². The van der Waals surface area contributed by atoms with Crippen molar-refractivity contribution in [3.05, 3.63) is 35.4 Å². The molecule has 1 aromatic carbocycles. The van der Waals surface area contributed by atoms with Crippen LogP contribution in [-0.2, 0) is 40.1 Å². The van der Waals surface area contributed by atoms with Gasteiger partial charge in [0, 0.05) is 50.9 Å². The van der Waals surface area contributed by atoms with Gasteiger partial charge in [-0.15, -0.1) is 0 Å². The van der Waals surface area contributed by atoms with E-state index < -0.39 is 42.6 Å². The lowest BCUT2D eigenvalue weighted by molar-refractivity contribution is -0.460. The highest BCUT2D eigenvalue weighted by atomic mass is 32.1. The number of aliphatic hydroxyl groups is 4. The van der Waals surface area contributed by atoms with Gasteiger partial charge >= 0.3 is 18.4 Å². The van der Waals surface area contributed by atoms with E-state index in [0.29, 0.717) is 49.7 Å². The van der Waals surface area contributed by atoms with Crippen molar-refractivity contribution in [3.63, 3.8) is 0 Å². The van der Waals surface area contributed by atoms with Crippen molar-refractivity contribution in [3.8, 4) is 0 Å². The molecule has 3 heterocycles. The molecule has 1 aromatic rings. The van der Waals surface area contributed by atoms with E-state index in [-0.39, 0.29) is 37.5 Å². The minimum absolute atomic E-state index is 0.0151. The summed E-state index contributed by atoms with van der Waals surface area (Å²) in [6.07, 6.45) is -6.71. The van der Waals surface area contributed by atoms with Gasteiger partial charge in [0.05, 0.1) is 13.1 Å². The second-order valence-electron chi connectivity index (χ2n) is 10.8. The Bertz CT molecular complexity index is 1150. The molecule has 4 rings (SSSR count). The number of likely N-dealkylation sites (N-methyl/N-ethyl adjacent to an activating group) is 1. The molecule has 5 N–H and O–H groups in total. The number of aliphatic hydroxyl groups excluding tert-OH is 4. The SMILES string of the molecule is CCN1CCN2CC(=O)ON(OC=O)OC(=O)CN(CC1)C(Cc1ccc(C(=S)NC[C@H]3OC(O)[C@H](O)[C@@H](O)[C@@H]3O)cc1)C2. The summed E-state index contributed by atoms with van der Waals surface area (Å²) in [7, 11) is 0. The molecule has 3 aliphatic rings. The quantitative estimate of drug-likeness (QED) is 0.142. The Hall–Kier alpha value is -2.84. The van der Waals surface area contributed by atoms with Crippen LogP contribution in [-0.4, -0.2) is 160 Å². The van der Waals surface area contributed by atoms with E-state index in [0.717, 1.165) is 12.1 Å². The average Bonchev–Trinajstić information content (AvgIpc) is 3.05. The van der Waals surface area contributed by atoms with Crippen molar-refractivity contribution in [2.45, 2.75) is 50.1 Å². The van der Waals surface area contributed by atoms with E-state index in [2.05, 4.69) is 15.1 Å². The molecule has 244 valence electrons. The lowest BCUT2D eigenvalue weighted by Gasteiger charge is -2.38. The van der Waals surface area contributed by atoms with Gasteiger partial charge < -0.3 is 40.2 Å². The zero-order valence-electron chi connectivity index (χ0n) is 24.3. The van der Waals surface area contributed by atoms with Crippen molar-refractivity contribution >= 4 is 35.6 Å².